The molecule has 2 unspecified atom stereocenters. The van der Waals surface area contributed by atoms with Gasteiger partial charge < -0.3 is 15.6 Å². The number of guanidine groups is 1. The zero-order valence-electron chi connectivity index (χ0n) is 16.2. The van der Waals surface area contributed by atoms with Gasteiger partial charge in [-0.05, 0) is 43.7 Å². The van der Waals surface area contributed by atoms with Gasteiger partial charge in [0.15, 0.2) is 5.96 Å². The Kier molecular flexibility index (Phi) is 8.03. The number of aromatic amines is 1. The summed E-state index contributed by atoms with van der Waals surface area (Å²) in [7, 11) is 1.65. The van der Waals surface area contributed by atoms with E-state index in [1.807, 2.05) is 12.3 Å². The number of H-pyrrole nitrogens is 1. The number of para-hydroxylation sites is 1. The Balaban J connectivity index is 0.00000280. The second-order valence-corrected chi connectivity index (χ2v) is 7.31. The van der Waals surface area contributed by atoms with Gasteiger partial charge in [-0.15, -0.1) is 24.0 Å². The number of aryl methyl sites for hydroxylation is 1. The Bertz CT molecular complexity index is 800. The molecule has 1 aliphatic rings. The number of benzene rings is 1. The van der Waals surface area contributed by atoms with Gasteiger partial charge in [0.05, 0.1) is 5.92 Å². The quantitative estimate of drug-likeness (QED) is 0.312. The number of nitrogens with one attached hydrogen (secondary N) is 3. The number of nitrogens with zero attached hydrogens (tertiary/aromatic N) is 1. The highest BCUT2D eigenvalue weighted by atomic mass is 127. The number of hydrogen-bond donors (Lipinski definition) is 3. The smallest absolute Gasteiger partial charge is 0.361 e. The van der Waals surface area contributed by atoms with E-state index in [2.05, 4.69) is 39.7 Å². The van der Waals surface area contributed by atoms with E-state index in [0.717, 1.165) is 18.4 Å². The molecule has 1 fully saturated rings. The van der Waals surface area contributed by atoms with Crippen LogP contribution >= 0.6 is 24.0 Å². The molecule has 1 aromatic heterocycles. The average molecular weight is 508 g/mol. The summed E-state index contributed by atoms with van der Waals surface area (Å²) < 4.78 is 38.9. The number of aromatic nitrogens is 1. The number of aliphatic imine (C=N–C) groups is 1. The van der Waals surface area contributed by atoms with E-state index in [0.29, 0.717) is 18.9 Å². The Morgan fingerprint density at radius 2 is 2.07 bits per heavy atom. The molecule has 0 aliphatic heterocycles. The van der Waals surface area contributed by atoms with Crippen molar-refractivity contribution >= 4 is 40.8 Å². The van der Waals surface area contributed by atoms with Crippen molar-refractivity contribution in [2.45, 2.75) is 51.2 Å². The van der Waals surface area contributed by atoms with Crippen LogP contribution in [0.15, 0.2) is 29.4 Å². The number of rotatable bonds is 4. The van der Waals surface area contributed by atoms with Crippen LogP contribution in [0.1, 0.15) is 36.8 Å². The van der Waals surface area contributed by atoms with Gasteiger partial charge in [0.1, 0.15) is 0 Å². The maximum atomic E-state index is 13.0. The summed E-state index contributed by atoms with van der Waals surface area (Å²) in [4.78, 5) is 7.48. The van der Waals surface area contributed by atoms with Crippen LogP contribution in [0.5, 0.6) is 0 Å². The van der Waals surface area contributed by atoms with Gasteiger partial charge in [-0.2, -0.15) is 13.2 Å². The highest BCUT2D eigenvalue weighted by Gasteiger charge is 2.42. The van der Waals surface area contributed by atoms with Crippen LogP contribution in [0.4, 0.5) is 13.2 Å². The average Bonchev–Trinajstić information content (AvgIpc) is 3.05. The molecule has 0 amide bonds. The molecule has 3 N–H and O–H groups in total. The lowest BCUT2D eigenvalue weighted by atomic mass is 9.85. The highest BCUT2D eigenvalue weighted by Crippen LogP contribution is 2.37. The van der Waals surface area contributed by atoms with Crippen LogP contribution in [0.25, 0.3) is 10.9 Å². The Hall–Kier alpha value is -1.45. The fraction of sp³-hybridized carbons (Fsp3) is 0.550. The van der Waals surface area contributed by atoms with E-state index >= 15 is 0 Å². The van der Waals surface area contributed by atoms with Crippen LogP contribution < -0.4 is 10.6 Å². The molecule has 0 spiro atoms. The molecule has 4 nitrogen and oxygen atoms in total. The standard InChI is InChI=1S/C20H27F3N4.HI/c1-13-5-3-8-17-14(12-26-18(13)17)9-10-25-19(24-2)27-16-7-4-6-15(11-16)20(21,22)23;/h3,5,8,12,15-16,26H,4,6-7,9-11H2,1-2H3,(H2,24,25,27);1H. The molecular weight excluding hydrogens is 480 g/mol. The third-order valence-electron chi connectivity index (χ3n) is 5.40. The fourth-order valence-corrected chi connectivity index (χ4v) is 3.89. The summed E-state index contributed by atoms with van der Waals surface area (Å²) >= 11 is 0. The van der Waals surface area contributed by atoms with Crippen molar-refractivity contribution in [1.82, 2.24) is 15.6 Å². The normalized spacial score (nSPS) is 20.7. The number of alkyl halides is 3. The first kappa shape index (κ1) is 22.8. The molecule has 0 radical (unpaired) electrons. The molecule has 8 heteroatoms. The molecule has 2 aromatic rings. The predicted octanol–water partition coefficient (Wildman–Crippen LogP) is 4.92. The summed E-state index contributed by atoms with van der Waals surface area (Å²) in [6.07, 6.45) is 0.400. The number of halogens is 4. The van der Waals surface area contributed by atoms with Gasteiger partial charge in [-0.25, -0.2) is 0 Å². The van der Waals surface area contributed by atoms with Crippen molar-refractivity contribution < 1.29 is 13.2 Å². The fourth-order valence-electron chi connectivity index (χ4n) is 3.89. The number of hydrogen-bond acceptors (Lipinski definition) is 1. The largest absolute Gasteiger partial charge is 0.391 e. The molecule has 1 heterocycles. The van der Waals surface area contributed by atoms with Gasteiger partial charge in [0.25, 0.3) is 0 Å². The van der Waals surface area contributed by atoms with Gasteiger partial charge in [0.2, 0.25) is 0 Å². The van der Waals surface area contributed by atoms with E-state index < -0.39 is 12.1 Å². The Labute approximate surface area is 180 Å². The van der Waals surface area contributed by atoms with Crippen molar-refractivity contribution in [3.05, 3.63) is 35.5 Å². The lowest BCUT2D eigenvalue weighted by molar-refractivity contribution is -0.183. The third-order valence-corrected chi connectivity index (χ3v) is 5.40. The summed E-state index contributed by atoms with van der Waals surface area (Å²) in [6.45, 7) is 2.74. The minimum absolute atomic E-state index is 0. The molecule has 1 aliphatic carbocycles. The zero-order chi connectivity index (χ0) is 19.4. The Morgan fingerprint density at radius 1 is 1.29 bits per heavy atom. The van der Waals surface area contributed by atoms with E-state index in [9.17, 15) is 13.2 Å². The maximum absolute atomic E-state index is 13.0. The lowest BCUT2D eigenvalue weighted by Crippen LogP contribution is -2.47. The molecule has 0 saturated heterocycles. The zero-order valence-corrected chi connectivity index (χ0v) is 18.5. The first-order valence-corrected chi connectivity index (χ1v) is 9.48. The van der Waals surface area contributed by atoms with E-state index in [1.54, 1.807) is 7.05 Å². The van der Waals surface area contributed by atoms with Crippen molar-refractivity contribution in [3.8, 4) is 0 Å². The second kappa shape index (κ2) is 9.84. The van der Waals surface area contributed by atoms with Gasteiger partial charge in [-0.3, -0.25) is 4.99 Å². The van der Waals surface area contributed by atoms with Crippen molar-refractivity contribution in [2.75, 3.05) is 13.6 Å². The highest BCUT2D eigenvalue weighted by molar-refractivity contribution is 14.0. The van der Waals surface area contributed by atoms with E-state index in [-0.39, 0.29) is 42.9 Å². The van der Waals surface area contributed by atoms with Crippen LogP contribution in [0.2, 0.25) is 0 Å². The minimum atomic E-state index is -4.11. The molecule has 1 saturated carbocycles. The van der Waals surface area contributed by atoms with Crippen molar-refractivity contribution in [3.63, 3.8) is 0 Å². The minimum Gasteiger partial charge on any atom is -0.361 e. The molecule has 156 valence electrons. The van der Waals surface area contributed by atoms with Crippen LogP contribution in [-0.2, 0) is 6.42 Å². The SMILES string of the molecule is CN=C(NCCc1c[nH]c2c(C)cccc12)NC1CCCC(C(F)(F)F)C1.I. The maximum Gasteiger partial charge on any atom is 0.391 e. The molecule has 3 rings (SSSR count). The van der Waals surface area contributed by atoms with Crippen molar-refractivity contribution in [1.29, 1.82) is 0 Å². The summed E-state index contributed by atoms with van der Waals surface area (Å²) in [5, 5.41) is 7.61. The van der Waals surface area contributed by atoms with Gasteiger partial charge >= 0.3 is 6.18 Å². The Morgan fingerprint density at radius 3 is 2.79 bits per heavy atom. The summed E-state index contributed by atoms with van der Waals surface area (Å²) in [6, 6.07) is 6.03. The summed E-state index contributed by atoms with van der Waals surface area (Å²) in [5.41, 5.74) is 3.57. The van der Waals surface area contributed by atoms with E-state index in [1.165, 1.54) is 16.5 Å². The molecule has 2 atom stereocenters. The molecule has 1 aromatic carbocycles. The van der Waals surface area contributed by atoms with Crippen LogP contribution in [0.3, 0.4) is 0 Å². The first-order valence-electron chi connectivity index (χ1n) is 9.48. The molecule has 28 heavy (non-hydrogen) atoms. The lowest BCUT2D eigenvalue weighted by Gasteiger charge is -2.31. The number of fused-ring (bicyclic) bond motifs is 1. The van der Waals surface area contributed by atoms with Gasteiger partial charge in [-0.1, -0.05) is 24.6 Å². The monoisotopic (exact) mass is 508 g/mol. The first-order chi connectivity index (χ1) is 12.9. The van der Waals surface area contributed by atoms with Crippen LogP contribution in [-0.4, -0.2) is 36.8 Å². The van der Waals surface area contributed by atoms with Crippen molar-refractivity contribution in [2.24, 2.45) is 10.9 Å². The van der Waals surface area contributed by atoms with Gasteiger partial charge in [0, 0.05) is 36.7 Å². The summed E-state index contributed by atoms with van der Waals surface area (Å²) in [5.74, 6) is -0.643. The third kappa shape index (κ3) is 5.55. The predicted molar refractivity (Wildman–Crippen MR) is 118 cm³/mol. The van der Waals surface area contributed by atoms with Crippen LogP contribution in [0, 0.1) is 12.8 Å². The second-order valence-electron chi connectivity index (χ2n) is 7.31. The molecular formula is C20H28F3IN4. The topological polar surface area (TPSA) is 52.2 Å². The molecule has 0 bridgehead atoms. The van der Waals surface area contributed by atoms with E-state index in [4.69, 9.17) is 0 Å².